The lowest BCUT2D eigenvalue weighted by atomic mass is 10.0. The first-order chi connectivity index (χ1) is 8.27. The molecule has 2 rings (SSSR count). The Bertz CT molecular complexity index is 253. The average molecular weight is 240 g/mol. The predicted molar refractivity (Wildman–Crippen MR) is 67.7 cm³/mol. The number of primary amides is 1. The molecule has 1 atom stereocenters. The summed E-state index contributed by atoms with van der Waals surface area (Å²) >= 11 is 0. The van der Waals surface area contributed by atoms with Crippen molar-refractivity contribution in [3.8, 4) is 0 Å². The summed E-state index contributed by atoms with van der Waals surface area (Å²) in [6.07, 6.45) is 3.28. The van der Waals surface area contributed by atoms with Gasteiger partial charge in [-0.25, -0.2) is 0 Å². The molecule has 0 aromatic rings. The summed E-state index contributed by atoms with van der Waals surface area (Å²) in [6.45, 7) is 7.47. The largest absolute Gasteiger partial charge is 0.368 e. The van der Waals surface area contributed by atoms with E-state index in [0.717, 1.165) is 58.7 Å². The van der Waals surface area contributed by atoms with Gasteiger partial charge in [0.15, 0.2) is 0 Å². The Balaban J connectivity index is 1.77. The van der Waals surface area contributed by atoms with Crippen LogP contribution in [0.5, 0.6) is 0 Å². The first-order valence-electron chi connectivity index (χ1n) is 6.74. The molecule has 1 unspecified atom stereocenters. The number of likely N-dealkylation sites (tertiary alicyclic amines) is 1. The van der Waals surface area contributed by atoms with Crippen LogP contribution in [-0.2, 0) is 4.79 Å². The molecule has 0 bridgehead atoms. The molecule has 2 heterocycles. The lowest BCUT2D eigenvalue weighted by Crippen LogP contribution is -2.52. The van der Waals surface area contributed by atoms with Gasteiger partial charge >= 0.3 is 0 Å². The van der Waals surface area contributed by atoms with Crippen molar-refractivity contribution in [2.75, 3.05) is 45.8 Å². The third kappa shape index (κ3) is 3.66. The smallest absolute Gasteiger partial charge is 0.234 e. The second kappa shape index (κ2) is 6.33. The van der Waals surface area contributed by atoms with Crippen LogP contribution in [0.2, 0.25) is 0 Å². The highest BCUT2D eigenvalue weighted by molar-refractivity contribution is 5.79. The Hall–Kier alpha value is -0.650. The maximum absolute atomic E-state index is 11.4. The van der Waals surface area contributed by atoms with Crippen molar-refractivity contribution in [3.63, 3.8) is 0 Å². The lowest BCUT2D eigenvalue weighted by molar-refractivity contribution is -0.124. The summed E-state index contributed by atoms with van der Waals surface area (Å²) in [5.74, 6) is -0.148. The maximum atomic E-state index is 11.4. The van der Waals surface area contributed by atoms with Crippen molar-refractivity contribution in [1.82, 2.24) is 15.1 Å². The molecule has 3 N–H and O–H groups in total. The van der Waals surface area contributed by atoms with Gasteiger partial charge < -0.3 is 11.1 Å². The summed E-state index contributed by atoms with van der Waals surface area (Å²) in [6, 6.07) is -0.0216. The maximum Gasteiger partial charge on any atom is 0.234 e. The second-order valence-electron chi connectivity index (χ2n) is 5.04. The lowest BCUT2D eigenvalue weighted by Gasteiger charge is -2.36. The van der Waals surface area contributed by atoms with Crippen LogP contribution in [0, 0.1) is 0 Å². The van der Waals surface area contributed by atoms with Gasteiger partial charge in [0.2, 0.25) is 5.91 Å². The Labute approximate surface area is 103 Å². The predicted octanol–water partition coefficient (Wildman–Crippen LogP) is -0.769. The fraction of sp³-hybridized carbons (Fsp3) is 0.917. The van der Waals surface area contributed by atoms with Crippen molar-refractivity contribution < 1.29 is 4.79 Å². The molecule has 5 heteroatoms. The van der Waals surface area contributed by atoms with Crippen molar-refractivity contribution in [2.45, 2.75) is 25.3 Å². The number of hydrogen-bond acceptors (Lipinski definition) is 4. The molecule has 5 nitrogen and oxygen atoms in total. The van der Waals surface area contributed by atoms with Gasteiger partial charge in [-0.2, -0.15) is 0 Å². The van der Waals surface area contributed by atoms with Crippen molar-refractivity contribution >= 4 is 5.91 Å². The summed E-state index contributed by atoms with van der Waals surface area (Å²) in [7, 11) is 0. The molecule has 98 valence electrons. The molecule has 2 aliphatic heterocycles. The summed E-state index contributed by atoms with van der Waals surface area (Å²) in [4.78, 5) is 16.1. The standard InChI is InChI=1S/C12H24N4O/c13-12(17)11-3-1-2-6-16(11)10-9-15-7-4-14-5-8-15/h11,14H,1-10H2,(H2,13,17). The van der Waals surface area contributed by atoms with E-state index in [1.165, 1.54) is 6.42 Å². The number of carbonyl (C=O) groups excluding carboxylic acids is 1. The van der Waals surface area contributed by atoms with Crippen LogP contribution in [0.4, 0.5) is 0 Å². The average Bonchev–Trinajstić information content (AvgIpc) is 2.38. The molecule has 2 saturated heterocycles. The van der Waals surface area contributed by atoms with E-state index in [1.807, 2.05) is 0 Å². The van der Waals surface area contributed by atoms with E-state index in [4.69, 9.17) is 5.73 Å². The summed E-state index contributed by atoms with van der Waals surface area (Å²) in [5, 5.41) is 3.35. The highest BCUT2D eigenvalue weighted by Gasteiger charge is 2.26. The van der Waals surface area contributed by atoms with Crippen molar-refractivity contribution in [3.05, 3.63) is 0 Å². The topological polar surface area (TPSA) is 61.6 Å². The van der Waals surface area contributed by atoms with Gasteiger partial charge in [-0.05, 0) is 19.4 Å². The molecular weight excluding hydrogens is 216 g/mol. The molecule has 0 saturated carbocycles. The van der Waals surface area contributed by atoms with Crippen LogP contribution >= 0.6 is 0 Å². The highest BCUT2D eigenvalue weighted by atomic mass is 16.1. The molecule has 0 spiro atoms. The Morgan fingerprint density at radius 1 is 1.18 bits per heavy atom. The third-order valence-electron chi connectivity index (χ3n) is 3.86. The van der Waals surface area contributed by atoms with Crippen LogP contribution in [-0.4, -0.2) is 67.6 Å². The fourth-order valence-electron chi connectivity index (χ4n) is 2.79. The minimum absolute atomic E-state index is 0.0216. The molecular formula is C12H24N4O. The Morgan fingerprint density at radius 3 is 2.65 bits per heavy atom. The van der Waals surface area contributed by atoms with Crippen molar-refractivity contribution in [2.24, 2.45) is 5.73 Å². The van der Waals surface area contributed by atoms with E-state index in [9.17, 15) is 4.79 Å². The van der Waals surface area contributed by atoms with Crippen LogP contribution < -0.4 is 11.1 Å². The minimum Gasteiger partial charge on any atom is -0.368 e. The number of nitrogens with zero attached hydrogens (tertiary/aromatic N) is 2. The van der Waals surface area contributed by atoms with E-state index in [-0.39, 0.29) is 11.9 Å². The molecule has 0 radical (unpaired) electrons. The second-order valence-corrected chi connectivity index (χ2v) is 5.04. The molecule has 1 amide bonds. The van der Waals surface area contributed by atoms with Crippen LogP contribution in [0.25, 0.3) is 0 Å². The van der Waals surface area contributed by atoms with Gasteiger partial charge in [0.05, 0.1) is 6.04 Å². The quantitative estimate of drug-likeness (QED) is 0.677. The zero-order valence-electron chi connectivity index (χ0n) is 10.5. The van der Waals surface area contributed by atoms with Gasteiger partial charge in [0.25, 0.3) is 0 Å². The number of piperazine rings is 1. The number of nitrogens with one attached hydrogen (secondary N) is 1. The van der Waals surface area contributed by atoms with E-state index in [1.54, 1.807) is 0 Å². The van der Waals surface area contributed by atoms with Gasteiger partial charge in [0.1, 0.15) is 0 Å². The minimum atomic E-state index is -0.148. The van der Waals surface area contributed by atoms with Gasteiger partial charge in [0, 0.05) is 39.3 Å². The number of rotatable bonds is 4. The molecule has 0 aromatic carbocycles. The van der Waals surface area contributed by atoms with Gasteiger partial charge in [-0.3, -0.25) is 14.6 Å². The number of piperidine rings is 1. The van der Waals surface area contributed by atoms with E-state index < -0.39 is 0 Å². The zero-order valence-corrected chi connectivity index (χ0v) is 10.5. The summed E-state index contributed by atoms with van der Waals surface area (Å²) in [5.41, 5.74) is 5.46. The highest BCUT2D eigenvalue weighted by Crippen LogP contribution is 2.16. The number of hydrogen-bond donors (Lipinski definition) is 2. The zero-order chi connectivity index (χ0) is 12.1. The van der Waals surface area contributed by atoms with Crippen LogP contribution in [0.1, 0.15) is 19.3 Å². The first-order valence-corrected chi connectivity index (χ1v) is 6.74. The molecule has 17 heavy (non-hydrogen) atoms. The Kier molecular flexibility index (Phi) is 4.76. The monoisotopic (exact) mass is 240 g/mol. The Morgan fingerprint density at radius 2 is 1.94 bits per heavy atom. The molecule has 2 fully saturated rings. The first kappa shape index (κ1) is 12.8. The van der Waals surface area contributed by atoms with Gasteiger partial charge in [-0.1, -0.05) is 6.42 Å². The van der Waals surface area contributed by atoms with Crippen LogP contribution in [0.3, 0.4) is 0 Å². The van der Waals surface area contributed by atoms with Crippen molar-refractivity contribution in [1.29, 1.82) is 0 Å². The van der Waals surface area contributed by atoms with E-state index in [0.29, 0.717) is 0 Å². The number of amides is 1. The van der Waals surface area contributed by atoms with E-state index >= 15 is 0 Å². The number of carbonyl (C=O) groups is 1. The van der Waals surface area contributed by atoms with E-state index in [2.05, 4.69) is 15.1 Å². The summed E-state index contributed by atoms with van der Waals surface area (Å²) < 4.78 is 0. The SMILES string of the molecule is NC(=O)C1CCCCN1CCN1CCNCC1. The number of nitrogens with two attached hydrogens (primary N) is 1. The molecule has 0 aromatic heterocycles. The van der Waals surface area contributed by atoms with Gasteiger partial charge in [-0.15, -0.1) is 0 Å². The molecule has 2 aliphatic rings. The van der Waals surface area contributed by atoms with Crippen LogP contribution in [0.15, 0.2) is 0 Å². The fourth-order valence-corrected chi connectivity index (χ4v) is 2.79. The third-order valence-corrected chi connectivity index (χ3v) is 3.86. The normalized spacial score (nSPS) is 28.1. The molecule has 0 aliphatic carbocycles.